The van der Waals surface area contributed by atoms with E-state index in [1.54, 1.807) is 26.0 Å². The highest BCUT2D eigenvalue weighted by atomic mass is 19.1. The van der Waals surface area contributed by atoms with Crippen molar-refractivity contribution in [2.45, 2.75) is 20.4 Å². The number of aryl methyl sites for hydroxylation is 2. The minimum absolute atomic E-state index is 0.234. The number of hydrogen-bond donors (Lipinski definition) is 1. The molecule has 0 bridgehead atoms. The first-order chi connectivity index (χ1) is 9.06. The quantitative estimate of drug-likeness (QED) is 0.919. The summed E-state index contributed by atoms with van der Waals surface area (Å²) in [7, 11) is 0. The summed E-state index contributed by atoms with van der Waals surface area (Å²) < 4.78 is 12.7. The number of halogens is 1. The van der Waals surface area contributed by atoms with Crippen molar-refractivity contribution < 1.29 is 9.18 Å². The lowest BCUT2D eigenvalue weighted by Gasteiger charge is -2.07. The third-order valence-electron chi connectivity index (χ3n) is 2.71. The lowest BCUT2D eigenvalue weighted by Crippen LogP contribution is -2.24. The molecule has 0 aliphatic heterocycles. The van der Waals surface area contributed by atoms with Gasteiger partial charge in [-0.05, 0) is 31.5 Å². The van der Waals surface area contributed by atoms with Gasteiger partial charge in [0.15, 0.2) is 0 Å². The van der Waals surface area contributed by atoms with Crippen LogP contribution >= 0.6 is 0 Å². The number of benzene rings is 1. The summed E-state index contributed by atoms with van der Waals surface area (Å²) in [5.41, 5.74) is 1.93. The Balaban J connectivity index is 2.03. The molecule has 98 valence electrons. The van der Waals surface area contributed by atoms with Crippen LogP contribution in [0.15, 0.2) is 30.5 Å². The van der Waals surface area contributed by atoms with Crippen LogP contribution in [0.5, 0.6) is 0 Å². The second kappa shape index (κ2) is 5.56. The van der Waals surface area contributed by atoms with Crippen molar-refractivity contribution in [2.24, 2.45) is 0 Å². The van der Waals surface area contributed by atoms with Gasteiger partial charge in [-0.2, -0.15) is 0 Å². The van der Waals surface area contributed by atoms with Crippen molar-refractivity contribution in [1.82, 2.24) is 15.3 Å². The van der Waals surface area contributed by atoms with Gasteiger partial charge in [0.25, 0.3) is 5.91 Å². The number of hydrogen-bond acceptors (Lipinski definition) is 3. The van der Waals surface area contributed by atoms with Gasteiger partial charge in [-0.15, -0.1) is 0 Å². The van der Waals surface area contributed by atoms with Gasteiger partial charge in [-0.1, -0.05) is 12.1 Å². The molecule has 0 saturated heterocycles. The van der Waals surface area contributed by atoms with Crippen molar-refractivity contribution in [3.05, 3.63) is 58.9 Å². The second-order valence-corrected chi connectivity index (χ2v) is 4.23. The minimum atomic E-state index is -0.294. The molecule has 1 N–H and O–H groups in total. The van der Waals surface area contributed by atoms with Crippen molar-refractivity contribution in [3.8, 4) is 0 Å². The van der Waals surface area contributed by atoms with E-state index in [-0.39, 0.29) is 11.7 Å². The van der Waals surface area contributed by atoms with Gasteiger partial charge in [-0.3, -0.25) is 4.79 Å². The number of nitrogens with one attached hydrogen (secondary N) is 1. The number of carbonyl (C=O) groups is 1. The van der Waals surface area contributed by atoms with Crippen LogP contribution < -0.4 is 5.32 Å². The Morgan fingerprint density at radius 1 is 1.26 bits per heavy atom. The predicted octanol–water partition coefficient (Wildman–Crippen LogP) is 2.16. The summed E-state index contributed by atoms with van der Waals surface area (Å²) in [5.74, 6) is 0.104. The van der Waals surface area contributed by atoms with Crippen LogP contribution in [0.2, 0.25) is 0 Å². The number of nitrogens with zero attached hydrogens (tertiary/aromatic N) is 2. The van der Waals surface area contributed by atoms with Crippen LogP contribution in [0.4, 0.5) is 4.39 Å². The fraction of sp³-hybridized carbons (Fsp3) is 0.214. The highest BCUT2D eigenvalue weighted by Gasteiger charge is 2.10. The third-order valence-corrected chi connectivity index (χ3v) is 2.71. The number of amides is 1. The fourth-order valence-electron chi connectivity index (χ4n) is 1.69. The van der Waals surface area contributed by atoms with E-state index in [2.05, 4.69) is 15.3 Å². The maximum atomic E-state index is 12.7. The van der Waals surface area contributed by atoms with E-state index in [1.807, 2.05) is 0 Å². The highest BCUT2D eigenvalue weighted by Crippen LogP contribution is 2.06. The largest absolute Gasteiger partial charge is 0.348 e. The predicted molar refractivity (Wildman–Crippen MR) is 69.1 cm³/mol. The number of carbonyl (C=O) groups excluding carboxylic acids is 1. The first kappa shape index (κ1) is 13.1. The zero-order chi connectivity index (χ0) is 13.8. The maximum Gasteiger partial charge on any atom is 0.254 e. The second-order valence-electron chi connectivity index (χ2n) is 4.23. The van der Waals surface area contributed by atoms with Gasteiger partial charge in [-0.25, -0.2) is 14.4 Å². The van der Waals surface area contributed by atoms with Crippen molar-refractivity contribution in [2.75, 3.05) is 0 Å². The van der Waals surface area contributed by atoms with Crippen LogP contribution in [0.3, 0.4) is 0 Å². The van der Waals surface area contributed by atoms with Gasteiger partial charge < -0.3 is 5.32 Å². The highest BCUT2D eigenvalue weighted by molar-refractivity contribution is 5.94. The lowest BCUT2D eigenvalue weighted by atomic mass is 10.2. The molecule has 2 aromatic rings. The standard InChI is InChI=1S/C14H14FN3O/c1-9-13(8-16-10(2)18-9)14(19)17-7-11-3-5-12(15)6-4-11/h3-6,8H,7H2,1-2H3,(H,17,19). The molecule has 0 fully saturated rings. The van der Waals surface area contributed by atoms with Crippen LogP contribution in [0.25, 0.3) is 0 Å². The molecule has 0 unspecified atom stereocenters. The lowest BCUT2D eigenvalue weighted by molar-refractivity contribution is 0.0949. The zero-order valence-electron chi connectivity index (χ0n) is 10.8. The van der Waals surface area contributed by atoms with E-state index in [1.165, 1.54) is 18.3 Å². The molecule has 1 amide bonds. The monoisotopic (exact) mass is 259 g/mol. The molecule has 1 heterocycles. The average molecular weight is 259 g/mol. The molecule has 4 nitrogen and oxygen atoms in total. The van der Waals surface area contributed by atoms with Crippen molar-refractivity contribution in [3.63, 3.8) is 0 Å². The minimum Gasteiger partial charge on any atom is -0.348 e. The Labute approximate surface area is 110 Å². The first-order valence-corrected chi connectivity index (χ1v) is 5.89. The molecule has 5 heteroatoms. The topological polar surface area (TPSA) is 54.9 Å². The molecule has 0 atom stereocenters. The summed E-state index contributed by atoms with van der Waals surface area (Å²) in [5, 5.41) is 2.75. The van der Waals surface area contributed by atoms with E-state index in [9.17, 15) is 9.18 Å². The summed E-state index contributed by atoms with van der Waals surface area (Å²) in [4.78, 5) is 20.1. The van der Waals surface area contributed by atoms with Crippen LogP contribution in [0, 0.1) is 19.7 Å². The maximum absolute atomic E-state index is 12.7. The van der Waals surface area contributed by atoms with E-state index in [4.69, 9.17) is 0 Å². The fourth-order valence-corrected chi connectivity index (χ4v) is 1.69. The first-order valence-electron chi connectivity index (χ1n) is 5.89. The molecule has 0 radical (unpaired) electrons. The van der Waals surface area contributed by atoms with Crippen LogP contribution in [-0.4, -0.2) is 15.9 Å². The molecule has 2 rings (SSSR count). The van der Waals surface area contributed by atoms with E-state index in [0.717, 1.165) is 5.56 Å². The smallest absolute Gasteiger partial charge is 0.254 e. The third kappa shape index (κ3) is 3.34. The van der Waals surface area contributed by atoms with Crippen LogP contribution in [-0.2, 0) is 6.54 Å². The van der Waals surface area contributed by atoms with Crippen molar-refractivity contribution >= 4 is 5.91 Å². The van der Waals surface area contributed by atoms with Gasteiger partial charge >= 0.3 is 0 Å². The Bertz CT molecular complexity index is 596. The SMILES string of the molecule is Cc1ncc(C(=O)NCc2ccc(F)cc2)c(C)n1. The molecule has 0 aliphatic carbocycles. The van der Waals surface area contributed by atoms with Crippen molar-refractivity contribution in [1.29, 1.82) is 0 Å². The molecular weight excluding hydrogens is 245 g/mol. The Kier molecular flexibility index (Phi) is 3.85. The zero-order valence-corrected chi connectivity index (χ0v) is 10.8. The summed E-state index contributed by atoms with van der Waals surface area (Å²) in [6.07, 6.45) is 1.51. The molecule has 1 aromatic carbocycles. The van der Waals surface area contributed by atoms with Gasteiger partial charge in [0.2, 0.25) is 0 Å². The van der Waals surface area contributed by atoms with E-state index in [0.29, 0.717) is 23.6 Å². The van der Waals surface area contributed by atoms with E-state index >= 15 is 0 Å². The number of rotatable bonds is 3. The Morgan fingerprint density at radius 2 is 1.95 bits per heavy atom. The summed E-state index contributed by atoms with van der Waals surface area (Å²) in [6, 6.07) is 5.99. The molecule has 1 aromatic heterocycles. The number of aromatic nitrogens is 2. The summed E-state index contributed by atoms with van der Waals surface area (Å²) >= 11 is 0. The molecule has 19 heavy (non-hydrogen) atoms. The van der Waals surface area contributed by atoms with Crippen LogP contribution in [0.1, 0.15) is 27.4 Å². The van der Waals surface area contributed by atoms with Gasteiger partial charge in [0.1, 0.15) is 11.6 Å². The van der Waals surface area contributed by atoms with Gasteiger partial charge in [0, 0.05) is 12.7 Å². The average Bonchev–Trinajstić information content (AvgIpc) is 2.37. The van der Waals surface area contributed by atoms with E-state index < -0.39 is 0 Å². The molecule has 0 saturated carbocycles. The Hall–Kier alpha value is -2.30. The summed E-state index contributed by atoms with van der Waals surface area (Å²) in [6.45, 7) is 3.88. The normalized spacial score (nSPS) is 10.3. The Morgan fingerprint density at radius 3 is 2.58 bits per heavy atom. The van der Waals surface area contributed by atoms with Gasteiger partial charge in [0.05, 0.1) is 11.3 Å². The molecule has 0 aliphatic rings. The molecule has 0 spiro atoms. The molecular formula is C14H14FN3O.